The molecule has 0 fully saturated rings. The zero-order valence-corrected chi connectivity index (χ0v) is 8.99. The van der Waals surface area contributed by atoms with Crippen LogP contribution in [0.15, 0.2) is 23.9 Å². The Balaban J connectivity index is 2.17. The number of hydrogen-bond donors (Lipinski definition) is 2. The average molecular weight is 196 g/mol. The summed E-state index contributed by atoms with van der Waals surface area (Å²) in [4.78, 5) is 0. The van der Waals surface area contributed by atoms with Gasteiger partial charge in [-0.1, -0.05) is 12.2 Å². The third-order valence-corrected chi connectivity index (χ3v) is 2.25. The highest BCUT2D eigenvalue weighted by molar-refractivity contribution is 5.22. The predicted octanol–water partition coefficient (Wildman–Crippen LogP) is 1.17. The number of hydrogen-bond acceptors (Lipinski definition) is 3. The van der Waals surface area contributed by atoms with Gasteiger partial charge in [-0.15, -0.1) is 0 Å². The maximum atomic E-state index is 5.62. The van der Waals surface area contributed by atoms with Crippen molar-refractivity contribution in [1.82, 2.24) is 5.32 Å². The summed E-state index contributed by atoms with van der Waals surface area (Å²) in [6, 6.07) is 0.408. The molecule has 0 heterocycles. The molecular formula is C11H20N2O. The first-order chi connectivity index (χ1) is 6.72. The van der Waals surface area contributed by atoms with Gasteiger partial charge in [0.05, 0.1) is 6.10 Å². The molecule has 3 heteroatoms. The van der Waals surface area contributed by atoms with Gasteiger partial charge in [0.15, 0.2) is 0 Å². The molecule has 3 nitrogen and oxygen atoms in total. The van der Waals surface area contributed by atoms with Crippen LogP contribution in [0.4, 0.5) is 0 Å². The van der Waals surface area contributed by atoms with E-state index >= 15 is 0 Å². The Labute approximate surface area is 86.0 Å². The van der Waals surface area contributed by atoms with Crippen molar-refractivity contribution < 1.29 is 4.74 Å². The van der Waals surface area contributed by atoms with Gasteiger partial charge in [-0.2, -0.15) is 0 Å². The summed E-state index contributed by atoms with van der Waals surface area (Å²) in [5.41, 5.74) is 6.48. The fraction of sp³-hybridized carbons (Fsp3) is 0.636. The Hall–Kier alpha value is -0.800. The van der Waals surface area contributed by atoms with Gasteiger partial charge in [0.2, 0.25) is 0 Å². The third kappa shape index (κ3) is 3.94. The van der Waals surface area contributed by atoms with E-state index in [0.29, 0.717) is 6.04 Å². The average Bonchev–Trinajstić information content (AvgIpc) is 2.17. The molecule has 14 heavy (non-hydrogen) atoms. The Morgan fingerprint density at radius 2 is 2.50 bits per heavy atom. The fourth-order valence-electron chi connectivity index (χ4n) is 1.45. The van der Waals surface area contributed by atoms with Crippen molar-refractivity contribution >= 4 is 0 Å². The Morgan fingerprint density at radius 3 is 3.07 bits per heavy atom. The van der Waals surface area contributed by atoms with Gasteiger partial charge < -0.3 is 15.8 Å². The molecular weight excluding hydrogens is 176 g/mol. The van der Waals surface area contributed by atoms with Crippen LogP contribution in [0.5, 0.6) is 0 Å². The summed E-state index contributed by atoms with van der Waals surface area (Å²) >= 11 is 0. The van der Waals surface area contributed by atoms with Gasteiger partial charge in [0, 0.05) is 24.9 Å². The second-order valence-electron chi connectivity index (χ2n) is 3.58. The highest BCUT2D eigenvalue weighted by Gasteiger charge is 2.08. The van der Waals surface area contributed by atoms with Crippen LogP contribution in [0.3, 0.4) is 0 Å². The third-order valence-electron chi connectivity index (χ3n) is 2.25. The van der Waals surface area contributed by atoms with E-state index in [2.05, 4.69) is 18.3 Å². The molecule has 3 N–H and O–H groups in total. The first-order valence-corrected chi connectivity index (χ1v) is 5.21. The van der Waals surface area contributed by atoms with Crippen molar-refractivity contribution in [2.24, 2.45) is 5.73 Å². The van der Waals surface area contributed by atoms with Crippen molar-refractivity contribution in [2.45, 2.75) is 32.4 Å². The summed E-state index contributed by atoms with van der Waals surface area (Å²) in [6.45, 7) is 5.75. The van der Waals surface area contributed by atoms with Gasteiger partial charge in [-0.25, -0.2) is 0 Å². The normalized spacial score (nSPS) is 23.3. The fourth-order valence-corrected chi connectivity index (χ4v) is 1.45. The quantitative estimate of drug-likeness (QED) is 0.694. The van der Waals surface area contributed by atoms with Crippen LogP contribution >= 0.6 is 0 Å². The van der Waals surface area contributed by atoms with Crippen LogP contribution in [-0.2, 0) is 4.74 Å². The second-order valence-corrected chi connectivity index (χ2v) is 3.58. The minimum absolute atomic E-state index is 0.275. The summed E-state index contributed by atoms with van der Waals surface area (Å²) in [7, 11) is 0. The summed E-state index contributed by atoms with van der Waals surface area (Å²) in [5.74, 6) is 0. The van der Waals surface area contributed by atoms with E-state index < -0.39 is 0 Å². The van der Waals surface area contributed by atoms with E-state index in [0.717, 1.165) is 25.3 Å². The largest absolute Gasteiger partial charge is 0.399 e. The predicted molar refractivity (Wildman–Crippen MR) is 58.9 cm³/mol. The zero-order valence-electron chi connectivity index (χ0n) is 8.99. The highest BCUT2D eigenvalue weighted by Crippen LogP contribution is 2.06. The van der Waals surface area contributed by atoms with Crippen molar-refractivity contribution in [3.63, 3.8) is 0 Å². The van der Waals surface area contributed by atoms with Gasteiger partial charge in [0.25, 0.3) is 0 Å². The molecule has 1 rings (SSSR count). The van der Waals surface area contributed by atoms with Crippen LogP contribution in [0, 0.1) is 0 Å². The number of nitrogens with two attached hydrogens (primary N) is 1. The van der Waals surface area contributed by atoms with Crippen LogP contribution in [0.1, 0.15) is 20.3 Å². The molecule has 1 aliphatic carbocycles. The number of nitrogens with one attached hydrogen (secondary N) is 1. The van der Waals surface area contributed by atoms with Crippen molar-refractivity contribution in [1.29, 1.82) is 0 Å². The van der Waals surface area contributed by atoms with Crippen LogP contribution in [0.2, 0.25) is 0 Å². The SMILES string of the molecule is CCO[C@@H](C)CNC1C=CC(N)=CC1. The monoisotopic (exact) mass is 196 g/mol. The molecule has 0 aliphatic heterocycles. The molecule has 80 valence electrons. The first kappa shape index (κ1) is 11.3. The molecule has 0 bridgehead atoms. The molecule has 1 aliphatic rings. The lowest BCUT2D eigenvalue weighted by atomic mass is 10.1. The molecule has 1 unspecified atom stereocenters. The molecule has 0 saturated heterocycles. The molecule has 0 saturated carbocycles. The van der Waals surface area contributed by atoms with E-state index in [1.165, 1.54) is 0 Å². The van der Waals surface area contributed by atoms with E-state index in [1.54, 1.807) is 0 Å². The number of allylic oxidation sites excluding steroid dienone is 1. The van der Waals surface area contributed by atoms with E-state index in [9.17, 15) is 0 Å². The molecule has 0 aromatic carbocycles. The Morgan fingerprint density at radius 1 is 1.71 bits per heavy atom. The summed E-state index contributed by atoms with van der Waals surface area (Å²) in [6.07, 6.45) is 7.35. The maximum Gasteiger partial charge on any atom is 0.0671 e. The zero-order chi connectivity index (χ0) is 10.4. The minimum Gasteiger partial charge on any atom is -0.399 e. The van der Waals surface area contributed by atoms with Crippen LogP contribution < -0.4 is 11.1 Å². The topological polar surface area (TPSA) is 47.3 Å². The molecule has 0 spiro atoms. The standard InChI is InChI=1S/C11H20N2O/c1-3-14-9(2)8-13-11-6-4-10(12)5-7-11/h4-6,9,11,13H,3,7-8,12H2,1-2H3/t9-,11?/m0/s1. The summed E-state index contributed by atoms with van der Waals surface area (Å²) in [5, 5.41) is 3.41. The lowest BCUT2D eigenvalue weighted by Gasteiger charge is -2.19. The second kappa shape index (κ2) is 5.83. The van der Waals surface area contributed by atoms with Crippen molar-refractivity contribution in [3.05, 3.63) is 23.9 Å². The van der Waals surface area contributed by atoms with E-state index in [4.69, 9.17) is 10.5 Å². The molecule has 0 amide bonds. The number of rotatable bonds is 5. The first-order valence-electron chi connectivity index (χ1n) is 5.21. The minimum atomic E-state index is 0.275. The Bertz CT molecular complexity index is 223. The van der Waals surface area contributed by atoms with Gasteiger partial charge >= 0.3 is 0 Å². The van der Waals surface area contributed by atoms with Gasteiger partial charge in [-0.05, 0) is 26.3 Å². The molecule has 0 radical (unpaired) electrons. The lowest BCUT2D eigenvalue weighted by Crippen LogP contribution is -2.35. The maximum absolute atomic E-state index is 5.62. The molecule has 0 aromatic rings. The highest BCUT2D eigenvalue weighted by atomic mass is 16.5. The Kier molecular flexibility index (Phi) is 4.70. The molecule has 0 aromatic heterocycles. The van der Waals surface area contributed by atoms with E-state index in [1.807, 2.05) is 19.1 Å². The molecule has 2 atom stereocenters. The van der Waals surface area contributed by atoms with Crippen LogP contribution in [-0.4, -0.2) is 25.3 Å². The van der Waals surface area contributed by atoms with Gasteiger partial charge in [-0.3, -0.25) is 0 Å². The van der Waals surface area contributed by atoms with Crippen molar-refractivity contribution in [3.8, 4) is 0 Å². The summed E-state index contributed by atoms with van der Waals surface area (Å²) < 4.78 is 5.43. The number of ether oxygens (including phenoxy) is 1. The smallest absolute Gasteiger partial charge is 0.0671 e. The lowest BCUT2D eigenvalue weighted by molar-refractivity contribution is 0.0750. The van der Waals surface area contributed by atoms with Crippen LogP contribution in [0.25, 0.3) is 0 Å². The van der Waals surface area contributed by atoms with Gasteiger partial charge in [0.1, 0.15) is 0 Å². The van der Waals surface area contributed by atoms with Crippen molar-refractivity contribution in [2.75, 3.05) is 13.2 Å². The van der Waals surface area contributed by atoms with E-state index in [-0.39, 0.29) is 6.10 Å².